The molecule has 3 heterocycles. The Morgan fingerprint density at radius 2 is 2.47 bits per heavy atom. The number of carbonyl (C=O) groups is 1. The number of hydrogen-bond acceptors (Lipinski definition) is 5. The molecule has 96 valence electrons. The smallest absolute Gasteiger partial charge is 0.273 e. The fourth-order valence-electron chi connectivity index (χ4n) is 1.56. The van der Waals surface area contributed by atoms with E-state index in [0.717, 1.165) is 10.6 Å². The number of H-pyrrole nitrogens is 1. The molecule has 0 bridgehead atoms. The first kappa shape index (κ1) is 11.7. The van der Waals surface area contributed by atoms with Crippen molar-refractivity contribution in [3.63, 3.8) is 0 Å². The van der Waals surface area contributed by atoms with Crippen LogP contribution in [-0.2, 0) is 6.54 Å². The topological polar surface area (TPSA) is 83.8 Å². The summed E-state index contributed by atoms with van der Waals surface area (Å²) in [5.74, 6) is 0.322. The number of carbonyl (C=O) groups excluding carboxylic acids is 1. The zero-order valence-corrected chi connectivity index (χ0v) is 10.6. The molecule has 0 aliphatic heterocycles. The van der Waals surface area contributed by atoms with Crippen LogP contribution >= 0.6 is 11.3 Å². The zero-order valence-electron chi connectivity index (χ0n) is 9.79. The molecule has 3 rings (SSSR count). The lowest BCUT2D eigenvalue weighted by molar-refractivity contribution is 0.0941. The van der Waals surface area contributed by atoms with Gasteiger partial charge in [-0.1, -0.05) is 11.2 Å². The summed E-state index contributed by atoms with van der Waals surface area (Å²) < 4.78 is 5.15. The lowest BCUT2D eigenvalue weighted by atomic mass is 10.3. The maximum atomic E-state index is 11.9. The third-order valence-electron chi connectivity index (χ3n) is 2.50. The van der Waals surface area contributed by atoms with Gasteiger partial charge in [0.05, 0.1) is 23.4 Å². The lowest BCUT2D eigenvalue weighted by Crippen LogP contribution is -2.23. The molecule has 0 radical (unpaired) electrons. The van der Waals surface area contributed by atoms with E-state index >= 15 is 0 Å². The predicted molar refractivity (Wildman–Crippen MR) is 69.6 cm³/mol. The summed E-state index contributed by atoms with van der Waals surface area (Å²) >= 11 is 1.53. The van der Waals surface area contributed by atoms with E-state index in [9.17, 15) is 4.79 Å². The Bertz CT molecular complexity index is 658. The zero-order chi connectivity index (χ0) is 13.1. The number of hydrogen-bond donors (Lipinski definition) is 2. The summed E-state index contributed by atoms with van der Waals surface area (Å²) in [4.78, 5) is 19.6. The quantitative estimate of drug-likeness (QED) is 0.762. The fraction of sp³-hybridized carbons (Fsp3) is 0.0833. The number of nitrogens with zero attached hydrogens (tertiary/aromatic N) is 2. The third-order valence-corrected chi connectivity index (χ3v) is 3.39. The van der Waals surface area contributed by atoms with Crippen molar-refractivity contribution in [3.8, 4) is 10.6 Å². The Morgan fingerprint density at radius 3 is 3.21 bits per heavy atom. The van der Waals surface area contributed by atoms with E-state index in [2.05, 4.69) is 20.4 Å². The molecule has 0 aliphatic rings. The number of amides is 1. The van der Waals surface area contributed by atoms with E-state index < -0.39 is 0 Å². The van der Waals surface area contributed by atoms with Crippen LogP contribution in [0.15, 0.2) is 40.6 Å². The van der Waals surface area contributed by atoms with Crippen molar-refractivity contribution in [2.75, 3.05) is 0 Å². The first-order chi connectivity index (χ1) is 9.33. The molecule has 6 nitrogen and oxygen atoms in total. The molecule has 1 amide bonds. The SMILES string of the molecule is O=C(NCc1cnc[nH]1)c1cc(-c2cccs2)on1. The van der Waals surface area contributed by atoms with E-state index in [1.54, 1.807) is 18.6 Å². The van der Waals surface area contributed by atoms with Crippen molar-refractivity contribution in [1.29, 1.82) is 0 Å². The average molecular weight is 274 g/mol. The number of aromatic amines is 1. The van der Waals surface area contributed by atoms with Crippen LogP contribution in [0.4, 0.5) is 0 Å². The summed E-state index contributed by atoms with van der Waals surface area (Å²) in [6, 6.07) is 5.46. The molecular formula is C12H10N4O2S. The molecule has 0 spiro atoms. The molecule has 0 saturated carbocycles. The van der Waals surface area contributed by atoms with E-state index in [1.807, 2.05) is 17.5 Å². The van der Waals surface area contributed by atoms with Crippen LogP contribution < -0.4 is 5.32 Å². The van der Waals surface area contributed by atoms with E-state index in [0.29, 0.717) is 12.3 Å². The third kappa shape index (κ3) is 2.55. The van der Waals surface area contributed by atoms with Gasteiger partial charge in [0.1, 0.15) is 0 Å². The normalized spacial score (nSPS) is 10.5. The maximum Gasteiger partial charge on any atom is 0.273 e. The minimum absolute atomic E-state index is 0.267. The summed E-state index contributed by atoms with van der Waals surface area (Å²) in [6.45, 7) is 0.375. The first-order valence-corrected chi connectivity index (χ1v) is 6.47. The Hall–Kier alpha value is -2.41. The van der Waals surface area contributed by atoms with Crippen molar-refractivity contribution < 1.29 is 9.32 Å². The minimum atomic E-state index is -0.277. The van der Waals surface area contributed by atoms with Gasteiger partial charge >= 0.3 is 0 Å². The number of imidazole rings is 1. The molecule has 3 aromatic heterocycles. The molecule has 3 aromatic rings. The summed E-state index contributed by atoms with van der Waals surface area (Å²) in [6.07, 6.45) is 3.21. The van der Waals surface area contributed by atoms with Crippen molar-refractivity contribution in [1.82, 2.24) is 20.4 Å². The molecule has 0 aliphatic carbocycles. The van der Waals surface area contributed by atoms with Crippen LogP contribution in [0.2, 0.25) is 0 Å². The van der Waals surface area contributed by atoms with Crippen molar-refractivity contribution in [2.45, 2.75) is 6.54 Å². The summed E-state index contributed by atoms with van der Waals surface area (Å²) in [5.41, 5.74) is 1.10. The van der Waals surface area contributed by atoms with Gasteiger partial charge in [0.25, 0.3) is 5.91 Å². The minimum Gasteiger partial charge on any atom is -0.355 e. The Balaban J connectivity index is 1.67. The highest BCUT2D eigenvalue weighted by molar-refractivity contribution is 7.13. The van der Waals surface area contributed by atoms with E-state index in [-0.39, 0.29) is 11.6 Å². The highest BCUT2D eigenvalue weighted by atomic mass is 32.1. The van der Waals surface area contributed by atoms with E-state index in [1.165, 1.54) is 11.3 Å². The number of aromatic nitrogens is 3. The maximum absolute atomic E-state index is 11.9. The van der Waals surface area contributed by atoms with Crippen molar-refractivity contribution >= 4 is 17.2 Å². The Kier molecular flexibility index (Phi) is 3.11. The van der Waals surface area contributed by atoms with Crippen LogP contribution in [0.1, 0.15) is 16.2 Å². The van der Waals surface area contributed by atoms with Gasteiger partial charge in [-0.3, -0.25) is 4.79 Å². The molecule has 2 N–H and O–H groups in total. The van der Waals surface area contributed by atoms with Gasteiger partial charge in [-0.2, -0.15) is 0 Å². The summed E-state index contributed by atoms with van der Waals surface area (Å²) in [7, 11) is 0. The largest absolute Gasteiger partial charge is 0.355 e. The van der Waals surface area contributed by atoms with Crippen LogP contribution in [-0.4, -0.2) is 21.0 Å². The first-order valence-electron chi connectivity index (χ1n) is 5.59. The second-order valence-corrected chi connectivity index (χ2v) is 4.76. The second-order valence-electron chi connectivity index (χ2n) is 3.81. The number of rotatable bonds is 4. The number of thiophene rings is 1. The number of nitrogens with one attached hydrogen (secondary N) is 2. The van der Waals surface area contributed by atoms with E-state index in [4.69, 9.17) is 4.52 Å². The molecule has 7 heteroatoms. The van der Waals surface area contributed by atoms with Gasteiger partial charge in [-0.25, -0.2) is 4.98 Å². The van der Waals surface area contributed by atoms with Crippen LogP contribution in [0.5, 0.6) is 0 Å². The highest BCUT2D eigenvalue weighted by Gasteiger charge is 2.13. The van der Waals surface area contributed by atoms with Gasteiger partial charge in [-0.15, -0.1) is 11.3 Å². The Labute approximate surface area is 112 Å². The fourth-order valence-corrected chi connectivity index (χ4v) is 2.24. The van der Waals surface area contributed by atoms with Gasteiger partial charge in [-0.05, 0) is 11.4 Å². The van der Waals surface area contributed by atoms with Gasteiger partial charge < -0.3 is 14.8 Å². The molecular weight excluding hydrogens is 264 g/mol. The standard InChI is InChI=1S/C12H10N4O2S/c17-12(14-6-8-5-13-7-15-8)9-4-10(18-16-9)11-2-1-3-19-11/h1-5,7H,6H2,(H,13,15)(H,14,17). The van der Waals surface area contributed by atoms with Gasteiger partial charge in [0.2, 0.25) is 0 Å². The van der Waals surface area contributed by atoms with Crippen LogP contribution in [0.3, 0.4) is 0 Å². The molecule has 19 heavy (non-hydrogen) atoms. The van der Waals surface area contributed by atoms with Crippen molar-refractivity contribution in [3.05, 3.63) is 47.5 Å². The highest BCUT2D eigenvalue weighted by Crippen LogP contribution is 2.24. The summed E-state index contributed by atoms with van der Waals surface area (Å²) in [5, 5.41) is 8.44. The van der Waals surface area contributed by atoms with Crippen LogP contribution in [0.25, 0.3) is 10.6 Å². The van der Waals surface area contributed by atoms with Gasteiger partial charge in [0.15, 0.2) is 11.5 Å². The van der Waals surface area contributed by atoms with Crippen molar-refractivity contribution in [2.24, 2.45) is 0 Å². The van der Waals surface area contributed by atoms with Crippen LogP contribution in [0, 0.1) is 0 Å². The van der Waals surface area contributed by atoms with Gasteiger partial charge in [0, 0.05) is 12.3 Å². The molecule has 0 saturated heterocycles. The molecule has 0 atom stereocenters. The molecule has 0 unspecified atom stereocenters. The molecule has 0 aromatic carbocycles. The predicted octanol–water partition coefficient (Wildman–Crippen LogP) is 2.06. The Morgan fingerprint density at radius 1 is 1.53 bits per heavy atom. The average Bonchev–Trinajstić information content (AvgIpc) is 3.14. The lowest BCUT2D eigenvalue weighted by Gasteiger charge is -1.98. The molecule has 0 fully saturated rings. The second kappa shape index (κ2) is 5.07. The monoisotopic (exact) mass is 274 g/mol.